The summed E-state index contributed by atoms with van der Waals surface area (Å²) < 4.78 is 7.17. The van der Waals surface area contributed by atoms with Crippen LogP contribution >= 0.6 is 0 Å². The molecule has 0 radical (unpaired) electrons. The van der Waals surface area contributed by atoms with Gasteiger partial charge < -0.3 is 9.32 Å². The molecule has 0 bridgehead atoms. The van der Waals surface area contributed by atoms with Gasteiger partial charge in [0.05, 0.1) is 16.8 Å². The zero-order valence-corrected chi connectivity index (χ0v) is 16.5. The Morgan fingerprint density at radius 2 is 1.67 bits per heavy atom. The number of nitrogens with zero attached hydrogens (tertiary/aromatic N) is 3. The van der Waals surface area contributed by atoms with Crippen LogP contribution in [0, 0.1) is 0 Å². The molecular weight excluding hydrogens is 378 g/mol. The maximum atomic E-state index is 13.4. The summed E-state index contributed by atoms with van der Waals surface area (Å²) in [7, 11) is 0. The van der Waals surface area contributed by atoms with Gasteiger partial charge in [-0.2, -0.15) is 5.10 Å². The predicted octanol–water partition coefficient (Wildman–Crippen LogP) is 4.27. The molecule has 1 fully saturated rings. The molecule has 0 unspecified atom stereocenters. The Balaban J connectivity index is 1.68. The van der Waals surface area contributed by atoms with E-state index in [4.69, 9.17) is 4.42 Å². The van der Waals surface area contributed by atoms with E-state index in [9.17, 15) is 9.59 Å². The molecule has 6 nitrogen and oxygen atoms in total. The van der Waals surface area contributed by atoms with Crippen molar-refractivity contribution in [2.45, 2.75) is 19.3 Å². The smallest absolute Gasteiger partial charge is 0.345 e. The number of amides is 1. The topological polar surface area (TPSA) is 68.3 Å². The number of hydrogen-bond acceptors (Lipinski definition) is 4. The van der Waals surface area contributed by atoms with E-state index in [1.54, 1.807) is 23.0 Å². The van der Waals surface area contributed by atoms with Gasteiger partial charge in [0.2, 0.25) is 0 Å². The fraction of sp³-hybridized carbons (Fsp3) is 0.208. The number of aromatic nitrogens is 2. The molecule has 1 amide bonds. The lowest BCUT2D eigenvalue weighted by Gasteiger charge is -2.26. The van der Waals surface area contributed by atoms with Crippen molar-refractivity contribution in [3.8, 4) is 16.9 Å². The summed E-state index contributed by atoms with van der Waals surface area (Å²) in [5, 5.41) is 5.43. The molecule has 30 heavy (non-hydrogen) atoms. The molecule has 4 aromatic rings. The molecular formula is C24H21N3O3. The second-order valence-corrected chi connectivity index (χ2v) is 7.51. The fourth-order valence-corrected chi connectivity index (χ4v) is 3.94. The highest BCUT2D eigenvalue weighted by Crippen LogP contribution is 2.26. The van der Waals surface area contributed by atoms with Gasteiger partial charge in [0.25, 0.3) is 5.91 Å². The number of para-hydroxylation sites is 2. The first-order valence-electron chi connectivity index (χ1n) is 10.2. The van der Waals surface area contributed by atoms with Crippen molar-refractivity contribution in [1.82, 2.24) is 14.7 Å². The Morgan fingerprint density at radius 1 is 0.933 bits per heavy atom. The van der Waals surface area contributed by atoms with E-state index in [2.05, 4.69) is 5.10 Å². The van der Waals surface area contributed by atoms with Crippen LogP contribution in [-0.2, 0) is 0 Å². The number of carbonyl (C=O) groups excluding carboxylic acids is 1. The van der Waals surface area contributed by atoms with Crippen molar-refractivity contribution in [3.05, 3.63) is 82.8 Å². The van der Waals surface area contributed by atoms with Gasteiger partial charge in [0.1, 0.15) is 11.3 Å². The van der Waals surface area contributed by atoms with Crippen LogP contribution in [0.3, 0.4) is 0 Å². The first-order chi connectivity index (χ1) is 14.7. The summed E-state index contributed by atoms with van der Waals surface area (Å²) in [6.45, 7) is 1.45. The Kier molecular flexibility index (Phi) is 4.67. The lowest BCUT2D eigenvalue weighted by molar-refractivity contribution is 0.0725. The van der Waals surface area contributed by atoms with Gasteiger partial charge in [0, 0.05) is 24.7 Å². The van der Waals surface area contributed by atoms with E-state index >= 15 is 0 Å². The number of rotatable bonds is 3. The summed E-state index contributed by atoms with van der Waals surface area (Å²) in [4.78, 5) is 28.0. The van der Waals surface area contributed by atoms with Gasteiger partial charge in [-0.1, -0.05) is 36.4 Å². The molecule has 0 N–H and O–H groups in total. The minimum atomic E-state index is -0.500. The second-order valence-electron chi connectivity index (χ2n) is 7.51. The highest BCUT2D eigenvalue weighted by Gasteiger charge is 2.26. The van der Waals surface area contributed by atoms with Crippen molar-refractivity contribution in [2.75, 3.05) is 13.1 Å². The average molecular weight is 399 g/mol. The highest BCUT2D eigenvalue weighted by molar-refractivity contribution is 6.00. The standard InChI is InChI=1S/C24H21N3O3/c28-23(26-13-7-2-8-14-26)20-16-27(18-10-3-1-4-11-18)25-22(20)19-15-17-9-5-6-12-21(17)30-24(19)29/h1,3-6,9-12,15-16H,2,7-8,13-14H2. The number of fused-ring (bicyclic) bond motifs is 1. The molecule has 0 atom stereocenters. The second kappa shape index (κ2) is 7.63. The number of likely N-dealkylation sites (tertiary alicyclic amines) is 1. The van der Waals surface area contributed by atoms with E-state index in [-0.39, 0.29) is 5.91 Å². The maximum Gasteiger partial charge on any atom is 0.345 e. The molecule has 2 aromatic heterocycles. The summed E-state index contributed by atoms with van der Waals surface area (Å²) in [6.07, 6.45) is 4.84. The van der Waals surface area contributed by atoms with Crippen molar-refractivity contribution in [2.24, 2.45) is 0 Å². The fourth-order valence-electron chi connectivity index (χ4n) is 3.94. The SMILES string of the molecule is O=C(c1cn(-c2ccccc2)nc1-c1cc2ccccc2oc1=O)N1CCCCC1. The van der Waals surface area contributed by atoms with Crippen molar-refractivity contribution in [1.29, 1.82) is 0 Å². The summed E-state index contributed by atoms with van der Waals surface area (Å²) in [6, 6.07) is 18.7. The molecule has 0 aliphatic carbocycles. The van der Waals surface area contributed by atoms with Crippen LogP contribution in [0.25, 0.3) is 27.9 Å². The first kappa shape index (κ1) is 18.4. The van der Waals surface area contributed by atoms with E-state index < -0.39 is 5.63 Å². The quantitative estimate of drug-likeness (QED) is 0.483. The minimum absolute atomic E-state index is 0.0977. The molecule has 1 aliphatic heterocycles. The summed E-state index contributed by atoms with van der Waals surface area (Å²) in [5.74, 6) is -0.0977. The first-order valence-corrected chi connectivity index (χ1v) is 10.2. The monoisotopic (exact) mass is 399 g/mol. The van der Waals surface area contributed by atoms with Gasteiger partial charge in [-0.05, 0) is 43.5 Å². The summed E-state index contributed by atoms with van der Waals surface area (Å²) >= 11 is 0. The van der Waals surface area contributed by atoms with E-state index in [0.717, 1.165) is 43.4 Å². The molecule has 1 saturated heterocycles. The number of hydrogen-bond donors (Lipinski definition) is 0. The zero-order valence-electron chi connectivity index (χ0n) is 16.5. The number of carbonyl (C=O) groups is 1. The third-order valence-electron chi connectivity index (χ3n) is 5.51. The Morgan fingerprint density at radius 3 is 2.47 bits per heavy atom. The molecule has 3 heterocycles. The minimum Gasteiger partial charge on any atom is -0.422 e. The molecule has 6 heteroatoms. The van der Waals surface area contributed by atoms with Crippen LogP contribution < -0.4 is 5.63 Å². The van der Waals surface area contributed by atoms with E-state index in [1.165, 1.54) is 0 Å². The van der Waals surface area contributed by atoms with E-state index in [0.29, 0.717) is 22.4 Å². The van der Waals surface area contributed by atoms with Crippen LogP contribution in [0.5, 0.6) is 0 Å². The van der Waals surface area contributed by atoms with Crippen LogP contribution in [0.15, 0.2) is 76.1 Å². The van der Waals surface area contributed by atoms with Crippen LogP contribution in [-0.4, -0.2) is 33.7 Å². The molecule has 0 spiro atoms. The molecule has 2 aromatic carbocycles. The highest BCUT2D eigenvalue weighted by atomic mass is 16.4. The maximum absolute atomic E-state index is 13.4. The van der Waals surface area contributed by atoms with Crippen LogP contribution in [0.2, 0.25) is 0 Å². The molecule has 150 valence electrons. The lowest BCUT2D eigenvalue weighted by atomic mass is 10.1. The molecule has 5 rings (SSSR count). The predicted molar refractivity (Wildman–Crippen MR) is 115 cm³/mol. The van der Waals surface area contributed by atoms with Gasteiger partial charge in [-0.15, -0.1) is 0 Å². The average Bonchev–Trinajstić information content (AvgIpc) is 3.24. The summed E-state index contributed by atoms with van der Waals surface area (Å²) in [5.41, 5.74) is 1.90. The normalized spacial score (nSPS) is 14.2. The van der Waals surface area contributed by atoms with Gasteiger partial charge >= 0.3 is 5.63 Å². The largest absolute Gasteiger partial charge is 0.422 e. The Labute approximate surface area is 173 Å². The van der Waals surface area contributed by atoms with Gasteiger partial charge in [-0.25, -0.2) is 9.48 Å². The van der Waals surface area contributed by atoms with Crippen molar-refractivity contribution in [3.63, 3.8) is 0 Å². The third-order valence-corrected chi connectivity index (χ3v) is 5.51. The molecule has 0 saturated carbocycles. The van der Waals surface area contributed by atoms with Crippen LogP contribution in [0.4, 0.5) is 0 Å². The third kappa shape index (κ3) is 3.30. The van der Waals surface area contributed by atoms with E-state index in [1.807, 2.05) is 53.4 Å². The van der Waals surface area contributed by atoms with Crippen molar-refractivity contribution < 1.29 is 9.21 Å². The zero-order chi connectivity index (χ0) is 20.5. The van der Waals surface area contributed by atoms with Crippen molar-refractivity contribution >= 4 is 16.9 Å². The number of benzene rings is 2. The lowest BCUT2D eigenvalue weighted by Crippen LogP contribution is -2.35. The van der Waals surface area contributed by atoms with Crippen LogP contribution in [0.1, 0.15) is 29.6 Å². The van der Waals surface area contributed by atoms with Gasteiger partial charge in [0.15, 0.2) is 0 Å². The number of piperidine rings is 1. The van der Waals surface area contributed by atoms with Gasteiger partial charge in [-0.3, -0.25) is 4.79 Å². The Bertz CT molecular complexity index is 1270. The molecule has 1 aliphatic rings. The Hall–Kier alpha value is -3.67.